The van der Waals surface area contributed by atoms with Crippen molar-refractivity contribution in [2.45, 2.75) is 20.1 Å². The largest absolute Gasteiger partial charge is 0.493 e. The molecular formula is C24H22BrIN4O3. The van der Waals surface area contributed by atoms with Gasteiger partial charge in [-0.2, -0.15) is 10.4 Å². The summed E-state index contributed by atoms with van der Waals surface area (Å²) >= 11 is 5.84. The Bertz CT molecular complexity index is 1190. The Labute approximate surface area is 215 Å². The number of benzene rings is 2. The molecule has 0 amide bonds. The van der Waals surface area contributed by atoms with Gasteiger partial charge in [0, 0.05) is 32.0 Å². The van der Waals surface area contributed by atoms with E-state index in [0.29, 0.717) is 36.1 Å². The van der Waals surface area contributed by atoms with E-state index in [4.69, 9.17) is 14.2 Å². The lowest BCUT2D eigenvalue weighted by atomic mass is 10.1. The summed E-state index contributed by atoms with van der Waals surface area (Å²) in [7, 11) is 3.17. The molecule has 0 aliphatic heterocycles. The first-order chi connectivity index (χ1) is 15.9. The van der Waals surface area contributed by atoms with Gasteiger partial charge in [0.25, 0.3) is 0 Å². The van der Waals surface area contributed by atoms with Gasteiger partial charge in [-0.3, -0.25) is 5.43 Å². The molecule has 7 nitrogen and oxygen atoms in total. The zero-order valence-corrected chi connectivity index (χ0v) is 22.1. The molecule has 0 unspecified atom stereocenters. The monoisotopic (exact) mass is 620 g/mol. The van der Waals surface area contributed by atoms with Crippen LogP contribution >= 0.6 is 38.5 Å². The van der Waals surface area contributed by atoms with Crippen LogP contribution in [0.1, 0.15) is 27.9 Å². The van der Waals surface area contributed by atoms with Gasteiger partial charge in [-0.25, -0.2) is 4.98 Å². The molecule has 0 bridgehead atoms. The quantitative estimate of drug-likeness (QED) is 0.185. The Hall–Kier alpha value is -2.68. The molecule has 0 saturated carbocycles. The number of halogens is 2. The molecular weight excluding hydrogens is 599 g/mol. The number of hydrazone groups is 1. The number of nitrogens with one attached hydrogen (secondary N) is 1. The molecule has 1 heterocycles. The molecule has 2 aromatic carbocycles. The smallest absolute Gasteiger partial charge is 0.164 e. The molecule has 3 rings (SSSR count). The van der Waals surface area contributed by atoms with Crippen molar-refractivity contribution in [2.75, 3.05) is 19.6 Å². The molecule has 3 aromatic rings. The fourth-order valence-corrected chi connectivity index (χ4v) is 3.83. The van der Waals surface area contributed by atoms with E-state index < -0.39 is 0 Å². The fourth-order valence-electron chi connectivity index (χ4n) is 3.04. The van der Waals surface area contributed by atoms with Gasteiger partial charge in [-0.15, -0.1) is 0 Å². The summed E-state index contributed by atoms with van der Waals surface area (Å²) in [5.74, 6) is 1.57. The minimum atomic E-state index is 0.317. The highest BCUT2D eigenvalue weighted by atomic mass is 127. The molecule has 0 spiro atoms. The maximum atomic E-state index is 9.55. The normalized spacial score (nSPS) is 10.8. The number of nitriles is 1. The Morgan fingerprint density at radius 3 is 2.58 bits per heavy atom. The van der Waals surface area contributed by atoms with Crippen LogP contribution in [0.15, 0.2) is 52.0 Å². The molecule has 9 heteroatoms. The summed E-state index contributed by atoms with van der Waals surface area (Å²) in [6, 6.07) is 15.8. The first-order valence-electron chi connectivity index (χ1n) is 9.88. The van der Waals surface area contributed by atoms with Crippen molar-refractivity contribution in [1.82, 2.24) is 4.98 Å². The van der Waals surface area contributed by atoms with Gasteiger partial charge in [-0.1, -0.05) is 12.1 Å². The highest BCUT2D eigenvalue weighted by Gasteiger charge is 2.12. The van der Waals surface area contributed by atoms with Crippen LogP contribution in [0.4, 0.5) is 5.82 Å². The lowest BCUT2D eigenvalue weighted by Gasteiger charge is -2.13. The van der Waals surface area contributed by atoms with Crippen LogP contribution in [-0.2, 0) is 18.0 Å². The third kappa shape index (κ3) is 6.66. The van der Waals surface area contributed by atoms with E-state index >= 15 is 0 Å². The topological polar surface area (TPSA) is 88.8 Å². The predicted molar refractivity (Wildman–Crippen MR) is 140 cm³/mol. The molecule has 0 radical (unpaired) electrons. The summed E-state index contributed by atoms with van der Waals surface area (Å²) in [4.78, 5) is 4.39. The van der Waals surface area contributed by atoms with Crippen molar-refractivity contribution in [3.63, 3.8) is 0 Å². The molecule has 0 fully saturated rings. The van der Waals surface area contributed by atoms with Crippen LogP contribution in [0, 0.1) is 21.8 Å². The maximum Gasteiger partial charge on any atom is 0.164 e. The van der Waals surface area contributed by atoms with Crippen molar-refractivity contribution in [3.05, 3.63) is 78.5 Å². The SMILES string of the molecule is COCc1cc(C)nc(N/N=C/c2cc(OC)c(OCc3ccc(I)cc3)cc2Br)c1C#N. The number of pyridine rings is 1. The number of rotatable bonds is 9. The number of ether oxygens (including phenoxy) is 3. The third-order valence-electron chi connectivity index (χ3n) is 4.61. The minimum Gasteiger partial charge on any atom is -0.493 e. The summed E-state index contributed by atoms with van der Waals surface area (Å²) in [5.41, 5.74) is 6.61. The summed E-state index contributed by atoms with van der Waals surface area (Å²) < 4.78 is 18.6. The van der Waals surface area contributed by atoms with Gasteiger partial charge in [0.1, 0.15) is 18.2 Å². The summed E-state index contributed by atoms with van der Waals surface area (Å²) in [5, 5.41) is 13.8. The van der Waals surface area contributed by atoms with Gasteiger partial charge in [0.15, 0.2) is 17.3 Å². The van der Waals surface area contributed by atoms with Gasteiger partial charge in [-0.05, 0) is 81.3 Å². The average molecular weight is 621 g/mol. The average Bonchev–Trinajstić information content (AvgIpc) is 2.80. The van der Waals surface area contributed by atoms with E-state index in [-0.39, 0.29) is 0 Å². The standard InChI is InChI=1S/C24H22BrIN4O3/c1-15-8-18(14-31-2)20(11-27)24(29-15)30-28-12-17-9-22(32-3)23(10-21(17)25)33-13-16-4-6-19(26)7-5-16/h4-10,12H,13-14H2,1-3H3,(H,29,30)/b28-12+. The van der Waals surface area contributed by atoms with Crippen LogP contribution in [0.3, 0.4) is 0 Å². The molecule has 33 heavy (non-hydrogen) atoms. The summed E-state index contributed by atoms with van der Waals surface area (Å²) in [6.07, 6.45) is 1.62. The maximum absolute atomic E-state index is 9.55. The highest BCUT2D eigenvalue weighted by Crippen LogP contribution is 2.33. The van der Waals surface area contributed by atoms with E-state index in [1.165, 1.54) is 3.57 Å². The van der Waals surface area contributed by atoms with Gasteiger partial charge < -0.3 is 14.2 Å². The Morgan fingerprint density at radius 2 is 1.91 bits per heavy atom. The van der Waals surface area contributed by atoms with Crippen LogP contribution in [-0.4, -0.2) is 25.4 Å². The lowest BCUT2D eigenvalue weighted by Crippen LogP contribution is -2.04. The predicted octanol–water partition coefficient (Wildman–Crippen LogP) is 5.81. The van der Waals surface area contributed by atoms with Crippen molar-refractivity contribution in [2.24, 2.45) is 5.10 Å². The number of nitrogens with zero attached hydrogens (tertiary/aromatic N) is 3. The zero-order chi connectivity index (χ0) is 23.8. The molecule has 1 N–H and O–H groups in total. The number of aromatic nitrogens is 1. The molecule has 170 valence electrons. The molecule has 0 aliphatic carbocycles. The van der Waals surface area contributed by atoms with E-state index in [2.05, 4.69) is 60.1 Å². The molecule has 0 aliphatic rings. The van der Waals surface area contributed by atoms with Crippen LogP contribution < -0.4 is 14.9 Å². The second kappa shape index (κ2) is 12.0. The van der Waals surface area contributed by atoms with Crippen LogP contribution in [0.5, 0.6) is 11.5 Å². The number of methoxy groups -OCH3 is 2. The van der Waals surface area contributed by atoms with E-state index in [1.54, 1.807) is 20.4 Å². The molecule has 0 atom stereocenters. The fraction of sp³-hybridized carbons (Fsp3) is 0.208. The van der Waals surface area contributed by atoms with Crippen molar-refractivity contribution in [1.29, 1.82) is 5.26 Å². The van der Waals surface area contributed by atoms with Gasteiger partial charge >= 0.3 is 0 Å². The summed E-state index contributed by atoms with van der Waals surface area (Å²) in [6.45, 7) is 2.59. The highest BCUT2D eigenvalue weighted by molar-refractivity contribution is 14.1. The number of hydrogen-bond donors (Lipinski definition) is 1. The molecule has 0 saturated heterocycles. The van der Waals surface area contributed by atoms with Crippen molar-refractivity contribution >= 4 is 50.6 Å². The van der Waals surface area contributed by atoms with Crippen molar-refractivity contribution < 1.29 is 14.2 Å². The van der Waals surface area contributed by atoms with Crippen LogP contribution in [0.2, 0.25) is 0 Å². The van der Waals surface area contributed by atoms with E-state index in [1.807, 2.05) is 49.4 Å². The van der Waals surface area contributed by atoms with E-state index in [0.717, 1.165) is 26.9 Å². The Kier molecular flexibility index (Phi) is 9.05. The van der Waals surface area contributed by atoms with Crippen molar-refractivity contribution in [3.8, 4) is 17.6 Å². The Morgan fingerprint density at radius 1 is 1.15 bits per heavy atom. The van der Waals surface area contributed by atoms with Crippen LogP contribution in [0.25, 0.3) is 0 Å². The number of aryl methyl sites for hydroxylation is 1. The lowest BCUT2D eigenvalue weighted by molar-refractivity contribution is 0.184. The first kappa shape index (κ1) is 25.0. The van der Waals surface area contributed by atoms with E-state index in [9.17, 15) is 5.26 Å². The second-order valence-corrected chi connectivity index (χ2v) is 9.10. The zero-order valence-electron chi connectivity index (χ0n) is 18.4. The van der Waals surface area contributed by atoms with Gasteiger partial charge in [0.2, 0.25) is 0 Å². The minimum absolute atomic E-state index is 0.317. The number of anilines is 1. The first-order valence-corrected chi connectivity index (χ1v) is 11.8. The Balaban J connectivity index is 1.78. The third-order valence-corrected chi connectivity index (χ3v) is 6.01. The number of hydrogen-bond acceptors (Lipinski definition) is 7. The second-order valence-electron chi connectivity index (χ2n) is 7.00. The van der Waals surface area contributed by atoms with Gasteiger partial charge in [0.05, 0.1) is 19.9 Å². The molecule has 1 aromatic heterocycles.